The van der Waals surface area contributed by atoms with E-state index in [0.29, 0.717) is 35.1 Å². The fourth-order valence-corrected chi connectivity index (χ4v) is 4.30. The monoisotopic (exact) mass is 432 g/mol. The number of aliphatic hydroxyl groups is 1. The summed E-state index contributed by atoms with van der Waals surface area (Å²) in [5, 5.41) is 11.8. The zero-order valence-electron chi connectivity index (χ0n) is 18.9. The number of fused-ring (bicyclic) bond motifs is 2. The Morgan fingerprint density at radius 2 is 2.03 bits per heavy atom. The summed E-state index contributed by atoms with van der Waals surface area (Å²) in [5.74, 6) is 1.21. The Labute approximate surface area is 186 Å². The van der Waals surface area contributed by atoms with Crippen LogP contribution in [0, 0.1) is 12.8 Å². The van der Waals surface area contributed by atoms with Gasteiger partial charge >= 0.3 is 0 Å². The van der Waals surface area contributed by atoms with Crippen molar-refractivity contribution in [3.63, 3.8) is 0 Å². The molecule has 1 aliphatic carbocycles. The molecule has 1 atom stereocenters. The number of aryl methyl sites for hydroxylation is 1. The minimum atomic E-state index is -0.972. The zero-order chi connectivity index (χ0) is 22.6. The zero-order valence-corrected chi connectivity index (χ0v) is 18.9. The van der Waals surface area contributed by atoms with Crippen LogP contribution in [0.5, 0.6) is 5.88 Å². The third kappa shape index (κ3) is 3.28. The first-order chi connectivity index (χ1) is 15.4. The molecule has 1 unspecified atom stereocenters. The Balaban J connectivity index is 1.75. The van der Waals surface area contributed by atoms with Crippen LogP contribution in [-0.2, 0) is 12.1 Å². The van der Waals surface area contributed by atoms with E-state index in [1.54, 1.807) is 26.2 Å². The van der Waals surface area contributed by atoms with Crippen molar-refractivity contribution in [3.8, 4) is 17.3 Å². The second-order valence-electron chi connectivity index (χ2n) is 9.01. The molecule has 7 heteroatoms. The molecule has 0 aliphatic heterocycles. The van der Waals surface area contributed by atoms with Gasteiger partial charge in [-0.1, -0.05) is 6.92 Å². The number of carbonyl (C=O) groups is 1. The van der Waals surface area contributed by atoms with Gasteiger partial charge in [-0.25, -0.2) is 9.97 Å². The van der Waals surface area contributed by atoms with E-state index >= 15 is 0 Å². The van der Waals surface area contributed by atoms with Crippen LogP contribution in [0.1, 0.15) is 54.9 Å². The van der Waals surface area contributed by atoms with Crippen molar-refractivity contribution in [1.82, 2.24) is 18.9 Å². The number of nitrogens with zero attached hydrogens (tertiary/aromatic N) is 4. The number of pyridine rings is 2. The summed E-state index contributed by atoms with van der Waals surface area (Å²) < 4.78 is 9.72. The van der Waals surface area contributed by atoms with Crippen molar-refractivity contribution in [2.24, 2.45) is 5.92 Å². The van der Waals surface area contributed by atoms with Crippen LogP contribution in [0.2, 0.25) is 0 Å². The van der Waals surface area contributed by atoms with Gasteiger partial charge in [-0.15, -0.1) is 0 Å². The van der Waals surface area contributed by atoms with E-state index in [1.807, 2.05) is 30.4 Å². The predicted molar refractivity (Wildman–Crippen MR) is 123 cm³/mol. The van der Waals surface area contributed by atoms with Gasteiger partial charge in [0.2, 0.25) is 0 Å². The van der Waals surface area contributed by atoms with Gasteiger partial charge in [0.15, 0.2) is 5.88 Å². The molecule has 4 heterocycles. The van der Waals surface area contributed by atoms with Crippen LogP contribution >= 0.6 is 0 Å². The molecule has 7 nitrogen and oxygen atoms in total. The Bertz CT molecular complexity index is 1340. The van der Waals surface area contributed by atoms with E-state index in [1.165, 1.54) is 12.8 Å². The largest absolute Gasteiger partial charge is 0.482 e. The molecule has 5 rings (SSSR count). The highest BCUT2D eigenvalue weighted by molar-refractivity contribution is 5.85. The van der Waals surface area contributed by atoms with Crippen LogP contribution in [0.25, 0.3) is 28.1 Å². The molecule has 0 bridgehead atoms. The highest BCUT2D eigenvalue weighted by Crippen LogP contribution is 2.37. The molecular weight excluding hydrogens is 404 g/mol. The summed E-state index contributed by atoms with van der Waals surface area (Å²) >= 11 is 0. The van der Waals surface area contributed by atoms with E-state index in [4.69, 9.17) is 14.7 Å². The van der Waals surface area contributed by atoms with Gasteiger partial charge < -0.3 is 14.4 Å². The van der Waals surface area contributed by atoms with Crippen LogP contribution in [0.15, 0.2) is 30.3 Å². The van der Waals surface area contributed by atoms with Gasteiger partial charge in [-0.05, 0) is 63.3 Å². The maximum Gasteiger partial charge on any atom is 0.199 e. The minimum Gasteiger partial charge on any atom is -0.482 e. The van der Waals surface area contributed by atoms with E-state index in [9.17, 15) is 9.90 Å². The van der Waals surface area contributed by atoms with Crippen molar-refractivity contribution in [2.75, 3.05) is 7.11 Å². The maximum atomic E-state index is 11.4. The van der Waals surface area contributed by atoms with Gasteiger partial charge in [0, 0.05) is 23.6 Å². The standard InChI is InChI=1S/C25H28N4O3/c1-5-25(3,31)20-9-8-18-12-19(28(24(18)26-20)13-16-6-7-16)23-15(2)29-21(27-23)10-17(14-30)11-22(29)32-4/h8-12,14,16,31H,5-7,13H2,1-4H3. The van der Waals surface area contributed by atoms with Gasteiger partial charge in [0.25, 0.3) is 0 Å². The van der Waals surface area contributed by atoms with Crippen LogP contribution in [-0.4, -0.2) is 37.4 Å². The predicted octanol–water partition coefficient (Wildman–Crippen LogP) is 4.51. The molecule has 1 saturated carbocycles. The topological polar surface area (TPSA) is 81.6 Å². The molecule has 1 aliphatic rings. The van der Waals surface area contributed by atoms with E-state index in [-0.39, 0.29) is 0 Å². The lowest BCUT2D eigenvalue weighted by atomic mass is 9.98. The first-order valence-corrected chi connectivity index (χ1v) is 11.1. The number of aldehydes is 1. The smallest absolute Gasteiger partial charge is 0.199 e. The molecule has 0 saturated heterocycles. The Morgan fingerprint density at radius 3 is 2.69 bits per heavy atom. The van der Waals surface area contributed by atoms with Crippen LogP contribution in [0.4, 0.5) is 0 Å². The van der Waals surface area contributed by atoms with Gasteiger partial charge in [0.1, 0.15) is 28.9 Å². The number of rotatable bonds is 7. The lowest BCUT2D eigenvalue weighted by Crippen LogP contribution is -2.21. The Morgan fingerprint density at radius 1 is 1.25 bits per heavy atom. The average Bonchev–Trinajstić information content (AvgIpc) is 3.47. The first-order valence-electron chi connectivity index (χ1n) is 11.1. The Hall–Kier alpha value is -3.19. The molecule has 4 aromatic rings. The third-order valence-electron chi connectivity index (χ3n) is 6.65. The van der Waals surface area contributed by atoms with E-state index < -0.39 is 5.60 Å². The number of methoxy groups -OCH3 is 1. The second-order valence-corrected chi connectivity index (χ2v) is 9.01. The van der Waals surface area contributed by atoms with Crippen molar-refractivity contribution in [3.05, 3.63) is 47.3 Å². The van der Waals surface area contributed by atoms with Crippen molar-refractivity contribution >= 4 is 23.0 Å². The molecule has 0 amide bonds. The highest BCUT2D eigenvalue weighted by Gasteiger charge is 2.28. The number of hydrogen-bond donors (Lipinski definition) is 1. The molecule has 4 aromatic heterocycles. The summed E-state index contributed by atoms with van der Waals surface area (Å²) in [6.07, 6.45) is 3.83. The first kappa shape index (κ1) is 20.7. The fourth-order valence-electron chi connectivity index (χ4n) is 4.30. The van der Waals surface area contributed by atoms with E-state index in [2.05, 4.69) is 10.6 Å². The van der Waals surface area contributed by atoms with Gasteiger partial charge in [0.05, 0.1) is 24.2 Å². The molecule has 166 valence electrons. The summed E-state index contributed by atoms with van der Waals surface area (Å²) in [6.45, 7) is 6.65. The SMILES string of the molecule is CCC(C)(O)c1ccc2cc(-c3nc4cc(C=O)cc(OC)n4c3C)n(CC3CC3)c2n1. The Kier molecular flexibility index (Phi) is 4.82. The summed E-state index contributed by atoms with van der Waals surface area (Å²) in [6, 6.07) is 9.56. The second kappa shape index (κ2) is 7.45. The number of ether oxygens (including phenoxy) is 1. The molecule has 0 radical (unpaired) electrons. The van der Waals surface area contributed by atoms with E-state index in [0.717, 1.165) is 40.9 Å². The quantitative estimate of drug-likeness (QED) is 0.435. The number of aromatic nitrogens is 4. The molecule has 0 aromatic carbocycles. The lowest BCUT2D eigenvalue weighted by molar-refractivity contribution is 0.0488. The molecule has 0 spiro atoms. The highest BCUT2D eigenvalue weighted by atomic mass is 16.5. The minimum absolute atomic E-state index is 0.525. The fraction of sp³-hybridized carbons (Fsp3) is 0.400. The van der Waals surface area contributed by atoms with Crippen LogP contribution in [0.3, 0.4) is 0 Å². The normalized spacial score (nSPS) is 15.9. The number of hydrogen-bond acceptors (Lipinski definition) is 5. The van der Waals surface area contributed by atoms with Crippen molar-refractivity contribution in [1.29, 1.82) is 0 Å². The molecular formula is C25H28N4O3. The number of carbonyl (C=O) groups excluding carboxylic acids is 1. The lowest BCUT2D eigenvalue weighted by Gasteiger charge is -2.20. The van der Waals surface area contributed by atoms with Gasteiger partial charge in [-0.2, -0.15) is 0 Å². The molecule has 1 N–H and O–H groups in total. The number of imidazole rings is 1. The van der Waals surface area contributed by atoms with Crippen molar-refractivity contribution in [2.45, 2.75) is 52.2 Å². The molecule has 1 fully saturated rings. The summed E-state index contributed by atoms with van der Waals surface area (Å²) in [5.41, 5.74) is 4.55. The summed E-state index contributed by atoms with van der Waals surface area (Å²) in [4.78, 5) is 21.2. The van der Waals surface area contributed by atoms with Crippen LogP contribution < -0.4 is 4.74 Å². The van der Waals surface area contributed by atoms with Crippen molar-refractivity contribution < 1.29 is 14.6 Å². The average molecular weight is 433 g/mol. The maximum absolute atomic E-state index is 11.4. The van der Waals surface area contributed by atoms with Gasteiger partial charge in [-0.3, -0.25) is 9.20 Å². The summed E-state index contributed by atoms with van der Waals surface area (Å²) in [7, 11) is 1.59. The molecule has 32 heavy (non-hydrogen) atoms. The third-order valence-corrected chi connectivity index (χ3v) is 6.65.